The Labute approximate surface area is 204 Å². The van der Waals surface area contributed by atoms with E-state index >= 15 is 0 Å². The average Bonchev–Trinajstić information content (AvgIpc) is 3.40. The Balaban J connectivity index is 1.52. The summed E-state index contributed by atoms with van der Waals surface area (Å²) >= 11 is 1.62. The normalized spacial score (nSPS) is 19.3. The Hall–Kier alpha value is -2.92. The summed E-state index contributed by atoms with van der Waals surface area (Å²) in [6.07, 6.45) is 3.93. The highest BCUT2D eigenvalue weighted by atomic mass is 32.1. The zero-order valence-electron chi connectivity index (χ0n) is 19.6. The molecule has 0 radical (unpaired) electrons. The topological polar surface area (TPSA) is 71.9 Å². The van der Waals surface area contributed by atoms with E-state index in [0.717, 1.165) is 46.5 Å². The van der Waals surface area contributed by atoms with Crippen molar-refractivity contribution in [3.63, 3.8) is 0 Å². The van der Waals surface area contributed by atoms with E-state index in [4.69, 9.17) is 9.47 Å². The molecular weight excluding hydrogens is 448 g/mol. The Bertz CT molecular complexity index is 1170. The van der Waals surface area contributed by atoms with Gasteiger partial charge in [-0.1, -0.05) is 17.9 Å². The number of carbonyl (C=O) groups is 1. The largest absolute Gasteiger partial charge is 0.497 e. The molecule has 0 spiro atoms. The molecule has 3 heterocycles. The maximum absolute atomic E-state index is 12.6. The van der Waals surface area contributed by atoms with Crippen LogP contribution in [0.4, 0.5) is 0 Å². The quantitative estimate of drug-likeness (QED) is 0.400. The van der Waals surface area contributed by atoms with Crippen molar-refractivity contribution in [1.82, 2.24) is 9.88 Å². The van der Waals surface area contributed by atoms with Gasteiger partial charge in [-0.3, -0.25) is 14.7 Å². The predicted octanol–water partition coefficient (Wildman–Crippen LogP) is 4.42. The lowest BCUT2D eigenvalue weighted by atomic mass is 9.85. The second-order valence-electron chi connectivity index (χ2n) is 8.47. The van der Waals surface area contributed by atoms with Crippen LogP contribution in [-0.2, 0) is 9.53 Å². The fourth-order valence-electron chi connectivity index (χ4n) is 4.76. The lowest BCUT2D eigenvalue weighted by Crippen LogP contribution is -2.48. The third-order valence-electron chi connectivity index (χ3n) is 6.49. The molecule has 1 N–H and O–H groups in total. The number of esters is 1. The summed E-state index contributed by atoms with van der Waals surface area (Å²) in [6, 6.07) is 11.5. The van der Waals surface area contributed by atoms with E-state index in [9.17, 15) is 9.90 Å². The first-order valence-corrected chi connectivity index (χ1v) is 12.4. The van der Waals surface area contributed by atoms with Gasteiger partial charge >= 0.3 is 5.97 Å². The van der Waals surface area contributed by atoms with E-state index < -0.39 is 6.10 Å². The average molecular weight is 479 g/mol. The van der Waals surface area contributed by atoms with Crippen LogP contribution in [0, 0.1) is 17.8 Å². The molecule has 34 heavy (non-hydrogen) atoms. The Morgan fingerprint density at radius 3 is 2.97 bits per heavy atom. The second kappa shape index (κ2) is 11.5. The molecule has 0 amide bonds. The molecule has 0 saturated carbocycles. The number of likely N-dealkylation sites (tertiary alicyclic amines) is 1. The molecule has 178 valence electrons. The minimum Gasteiger partial charge on any atom is -0.497 e. The molecule has 3 atom stereocenters. The van der Waals surface area contributed by atoms with Crippen LogP contribution < -0.4 is 4.74 Å². The Morgan fingerprint density at radius 2 is 2.21 bits per heavy atom. The lowest BCUT2D eigenvalue weighted by molar-refractivity contribution is -0.150. The number of nitrogens with zero attached hydrogens (tertiary/aromatic N) is 2. The van der Waals surface area contributed by atoms with Gasteiger partial charge < -0.3 is 14.6 Å². The molecule has 1 aliphatic heterocycles. The summed E-state index contributed by atoms with van der Waals surface area (Å²) < 4.78 is 10.5. The summed E-state index contributed by atoms with van der Waals surface area (Å²) in [5.41, 5.74) is 1.63. The third kappa shape index (κ3) is 5.58. The molecule has 0 bridgehead atoms. The molecule has 4 rings (SSSR count). The first-order valence-electron chi connectivity index (χ1n) is 11.6. The number of hydrogen-bond acceptors (Lipinski definition) is 7. The summed E-state index contributed by atoms with van der Waals surface area (Å²) in [5.74, 6) is 6.81. The summed E-state index contributed by atoms with van der Waals surface area (Å²) in [4.78, 5) is 20.3. The maximum atomic E-state index is 12.6. The van der Waals surface area contributed by atoms with Gasteiger partial charge in [0.25, 0.3) is 0 Å². The van der Waals surface area contributed by atoms with Crippen molar-refractivity contribution in [1.29, 1.82) is 0 Å². The molecular formula is C27H30N2O4S. The van der Waals surface area contributed by atoms with Crippen LogP contribution in [0.1, 0.15) is 42.2 Å². The number of pyridine rings is 1. The number of piperidine rings is 1. The zero-order valence-corrected chi connectivity index (χ0v) is 20.4. The van der Waals surface area contributed by atoms with Crippen molar-refractivity contribution in [2.24, 2.45) is 5.92 Å². The molecule has 0 aliphatic carbocycles. The molecule has 1 fully saturated rings. The van der Waals surface area contributed by atoms with Crippen LogP contribution in [0.3, 0.4) is 0 Å². The lowest BCUT2D eigenvalue weighted by Gasteiger charge is -2.39. The molecule has 1 saturated heterocycles. The van der Waals surface area contributed by atoms with Gasteiger partial charge in [0, 0.05) is 17.6 Å². The van der Waals surface area contributed by atoms with E-state index in [1.165, 1.54) is 7.11 Å². The minimum absolute atomic E-state index is 0.0314. The van der Waals surface area contributed by atoms with Gasteiger partial charge in [-0.2, -0.15) is 0 Å². The Morgan fingerprint density at radius 1 is 1.32 bits per heavy atom. The molecule has 7 heteroatoms. The molecule has 3 unspecified atom stereocenters. The van der Waals surface area contributed by atoms with Crippen molar-refractivity contribution in [2.75, 3.05) is 27.3 Å². The monoisotopic (exact) mass is 478 g/mol. The number of methoxy groups -OCH3 is 2. The van der Waals surface area contributed by atoms with Gasteiger partial charge in [0.05, 0.1) is 43.2 Å². The number of rotatable bonds is 7. The first kappa shape index (κ1) is 24.2. The van der Waals surface area contributed by atoms with E-state index in [0.29, 0.717) is 19.4 Å². The highest BCUT2D eigenvalue weighted by molar-refractivity contribution is 7.10. The molecule has 1 aliphatic rings. The summed E-state index contributed by atoms with van der Waals surface area (Å²) in [5, 5.41) is 14.0. The maximum Gasteiger partial charge on any atom is 0.310 e. The fraction of sp³-hybridized carbons (Fsp3) is 0.407. The number of ether oxygens (including phenoxy) is 2. The number of carbonyl (C=O) groups excluding carboxylic acids is 1. The van der Waals surface area contributed by atoms with Crippen molar-refractivity contribution < 1.29 is 19.4 Å². The summed E-state index contributed by atoms with van der Waals surface area (Å²) in [6.45, 7) is 1.46. The molecule has 3 aromatic rings. The van der Waals surface area contributed by atoms with Crippen LogP contribution in [-0.4, -0.2) is 54.3 Å². The van der Waals surface area contributed by atoms with E-state index in [2.05, 4.69) is 21.7 Å². The smallest absolute Gasteiger partial charge is 0.310 e. The number of aliphatic hydroxyl groups excluding tert-OH is 1. The SMILES string of the molecule is COC(=O)C1CCCN(CC#Cc2cccs2)C1CCC(O)c1ccnc2ccc(OC)cc12. The highest BCUT2D eigenvalue weighted by Crippen LogP contribution is 2.33. The van der Waals surface area contributed by atoms with Gasteiger partial charge in [-0.05, 0) is 73.5 Å². The standard InChI is InChI=1S/C27H30N2O4S/c1-32-19-9-10-24-23(18-19)21(13-14-28-24)26(30)12-11-25-22(27(31)33-2)8-4-16-29(25)15-3-6-20-7-5-17-34-20/h5,7,9-10,13-14,17-18,22,25-26,30H,4,8,11-12,15-16H2,1-2H3. The van der Waals surface area contributed by atoms with Crippen LogP contribution in [0.5, 0.6) is 5.75 Å². The number of aromatic nitrogens is 1. The predicted molar refractivity (Wildman–Crippen MR) is 134 cm³/mol. The Kier molecular flexibility index (Phi) is 8.17. The number of aliphatic hydroxyl groups is 1. The number of thiophene rings is 1. The highest BCUT2D eigenvalue weighted by Gasteiger charge is 2.36. The van der Waals surface area contributed by atoms with Crippen molar-refractivity contribution in [3.8, 4) is 17.6 Å². The van der Waals surface area contributed by atoms with E-state index in [1.807, 2.05) is 41.8 Å². The van der Waals surface area contributed by atoms with Crippen LogP contribution >= 0.6 is 11.3 Å². The van der Waals surface area contributed by atoms with E-state index in [-0.39, 0.29) is 17.9 Å². The molecule has 1 aromatic carbocycles. The molecule has 6 nitrogen and oxygen atoms in total. The third-order valence-corrected chi connectivity index (χ3v) is 7.28. The van der Waals surface area contributed by atoms with Gasteiger partial charge in [0.2, 0.25) is 0 Å². The fourth-order valence-corrected chi connectivity index (χ4v) is 5.35. The number of benzene rings is 1. The van der Waals surface area contributed by atoms with Crippen LogP contribution in [0.25, 0.3) is 10.9 Å². The van der Waals surface area contributed by atoms with Crippen molar-refractivity contribution >= 4 is 28.2 Å². The second-order valence-corrected chi connectivity index (χ2v) is 9.41. The van der Waals surface area contributed by atoms with Gasteiger partial charge in [-0.25, -0.2) is 0 Å². The number of fused-ring (bicyclic) bond motifs is 1. The van der Waals surface area contributed by atoms with Crippen LogP contribution in [0.2, 0.25) is 0 Å². The van der Waals surface area contributed by atoms with E-state index in [1.54, 1.807) is 24.6 Å². The molecule has 2 aromatic heterocycles. The number of hydrogen-bond donors (Lipinski definition) is 1. The van der Waals surface area contributed by atoms with Crippen molar-refractivity contribution in [2.45, 2.75) is 37.8 Å². The van der Waals surface area contributed by atoms with Gasteiger partial charge in [-0.15, -0.1) is 11.3 Å². The summed E-state index contributed by atoms with van der Waals surface area (Å²) in [7, 11) is 3.07. The minimum atomic E-state index is -0.683. The zero-order chi connectivity index (χ0) is 23.9. The van der Waals surface area contributed by atoms with Crippen molar-refractivity contribution in [3.05, 3.63) is 58.4 Å². The van der Waals surface area contributed by atoms with Gasteiger partial charge in [0.1, 0.15) is 5.75 Å². The first-order chi connectivity index (χ1) is 16.6. The van der Waals surface area contributed by atoms with Crippen LogP contribution in [0.15, 0.2) is 48.0 Å². The van der Waals surface area contributed by atoms with Gasteiger partial charge in [0.15, 0.2) is 0 Å².